The Morgan fingerprint density at radius 3 is 2.41 bits per heavy atom. The van der Waals surface area contributed by atoms with Crippen molar-refractivity contribution in [3.8, 4) is 0 Å². The lowest BCUT2D eigenvalue weighted by Gasteiger charge is -2.20. The second-order valence-corrected chi connectivity index (χ2v) is 8.73. The van der Waals surface area contributed by atoms with Gasteiger partial charge in [0.1, 0.15) is 6.04 Å². The molecule has 0 unspecified atom stereocenters. The highest BCUT2D eigenvalue weighted by molar-refractivity contribution is 7.89. The van der Waals surface area contributed by atoms with Crippen molar-refractivity contribution < 1.29 is 22.7 Å². The molecule has 8 nitrogen and oxygen atoms in total. The summed E-state index contributed by atoms with van der Waals surface area (Å²) in [5.74, 6) is -1.89. The average Bonchev–Trinajstić information content (AvgIpc) is 2.66. The largest absolute Gasteiger partial charge is 0.454 e. The molecule has 1 heterocycles. The predicted molar refractivity (Wildman–Crippen MR) is 109 cm³/mol. The molecule has 0 radical (unpaired) electrons. The van der Waals surface area contributed by atoms with Crippen molar-refractivity contribution in [2.75, 3.05) is 11.9 Å². The highest BCUT2D eigenvalue weighted by Gasteiger charge is 2.30. The molecule has 2 N–H and O–H groups in total. The first-order chi connectivity index (χ1) is 13.6. The number of hydrogen-bond acceptors (Lipinski definition) is 6. The molecule has 0 aliphatic heterocycles. The summed E-state index contributed by atoms with van der Waals surface area (Å²) in [7, 11) is -3.94. The topological polar surface area (TPSA) is 114 Å². The van der Waals surface area contributed by atoms with Gasteiger partial charge >= 0.3 is 5.97 Å². The number of hydrogen-bond donors (Lipinski definition) is 2. The summed E-state index contributed by atoms with van der Waals surface area (Å²) >= 11 is 5.85. The zero-order valence-electron chi connectivity index (χ0n) is 16.2. The van der Waals surface area contributed by atoms with Gasteiger partial charge in [0.25, 0.3) is 5.91 Å². The number of amides is 1. The molecule has 2 rings (SSSR count). The second kappa shape index (κ2) is 9.82. The average molecular weight is 440 g/mol. The Hall–Kier alpha value is -2.49. The van der Waals surface area contributed by atoms with Crippen molar-refractivity contribution in [2.24, 2.45) is 5.92 Å². The third kappa shape index (κ3) is 6.52. The molecule has 0 saturated carbocycles. The summed E-state index contributed by atoms with van der Waals surface area (Å²) < 4.78 is 32.5. The zero-order valence-corrected chi connectivity index (χ0v) is 17.8. The van der Waals surface area contributed by atoms with Gasteiger partial charge < -0.3 is 10.1 Å². The summed E-state index contributed by atoms with van der Waals surface area (Å²) in [4.78, 5) is 28.2. The summed E-state index contributed by atoms with van der Waals surface area (Å²) in [5, 5.41) is 2.56. The molecule has 1 amide bonds. The molecular formula is C19H22ClN3O5S. The predicted octanol–water partition coefficient (Wildman–Crippen LogP) is 2.53. The van der Waals surface area contributed by atoms with Crippen molar-refractivity contribution in [1.29, 1.82) is 0 Å². The monoisotopic (exact) mass is 439 g/mol. The van der Waals surface area contributed by atoms with Gasteiger partial charge in [-0.2, -0.15) is 4.72 Å². The van der Waals surface area contributed by atoms with E-state index in [0.29, 0.717) is 0 Å². The van der Waals surface area contributed by atoms with Crippen molar-refractivity contribution in [2.45, 2.75) is 31.7 Å². The molecule has 0 aliphatic carbocycles. The van der Waals surface area contributed by atoms with Gasteiger partial charge in [-0.15, -0.1) is 0 Å². The summed E-state index contributed by atoms with van der Waals surface area (Å²) in [6, 6.07) is 8.19. The quantitative estimate of drug-likeness (QED) is 0.482. The minimum Gasteiger partial charge on any atom is -0.454 e. The maximum Gasteiger partial charge on any atom is 0.324 e. The summed E-state index contributed by atoms with van der Waals surface area (Å²) in [6.45, 7) is 4.57. The molecule has 156 valence electrons. The van der Waals surface area contributed by atoms with Crippen molar-refractivity contribution >= 4 is 39.2 Å². The number of nitrogens with one attached hydrogen (secondary N) is 2. The van der Waals surface area contributed by atoms with Gasteiger partial charge in [0, 0.05) is 6.20 Å². The lowest BCUT2D eigenvalue weighted by molar-refractivity contribution is -0.150. The number of aryl methyl sites for hydroxylation is 1. The molecule has 0 spiro atoms. The lowest BCUT2D eigenvalue weighted by Crippen LogP contribution is -2.45. The van der Waals surface area contributed by atoms with Crippen LogP contribution in [-0.2, 0) is 24.3 Å². The van der Waals surface area contributed by atoms with E-state index in [4.69, 9.17) is 16.3 Å². The van der Waals surface area contributed by atoms with E-state index < -0.39 is 40.5 Å². The number of nitrogens with zero attached hydrogens (tertiary/aromatic N) is 1. The molecule has 29 heavy (non-hydrogen) atoms. The molecule has 1 atom stereocenters. The Labute approximate surface area is 174 Å². The van der Waals surface area contributed by atoms with Crippen LogP contribution in [0.4, 0.5) is 5.69 Å². The van der Waals surface area contributed by atoms with Crippen LogP contribution in [0, 0.1) is 12.8 Å². The molecule has 0 aliphatic rings. The number of benzene rings is 1. The van der Waals surface area contributed by atoms with Crippen LogP contribution in [0.1, 0.15) is 19.4 Å². The van der Waals surface area contributed by atoms with Crippen LogP contribution in [-0.4, -0.2) is 37.9 Å². The first kappa shape index (κ1) is 22.8. The van der Waals surface area contributed by atoms with Crippen LogP contribution in [0.2, 0.25) is 5.15 Å². The highest BCUT2D eigenvalue weighted by atomic mass is 35.5. The van der Waals surface area contributed by atoms with E-state index in [1.54, 1.807) is 38.1 Å². The fourth-order valence-corrected chi connectivity index (χ4v) is 3.80. The van der Waals surface area contributed by atoms with E-state index in [9.17, 15) is 18.0 Å². The van der Waals surface area contributed by atoms with Gasteiger partial charge in [0.15, 0.2) is 11.8 Å². The third-order valence-corrected chi connectivity index (χ3v) is 5.67. The smallest absolute Gasteiger partial charge is 0.324 e. The highest BCUT2D eigenvalue weighted by Crippen LogP contribution is 2.17. The van der Waals surface area contributed by atoms with Crippen LogP contribution < -0.4 is 10.0 Å². The lowest BCUT2D eigenvalue weighted by atomic mass is 10.1. The Morgan fingerprint density at radius 1 is 1.17 bits per heavy atom. The Kier molecular flexibility index (Phi) is 7.72. The van der Waals surface area contributed by atoms with E-state index in [1.165, 1.54) is 18.3 Å². The fraction of sp³-hybridized carbons (Fsp3) is 0.316. The van der Waals surface area contributed by atoms with Gasteiger partial charge in [-0.3, -0.25) is 9.59 Å². The van der Waals surface area contributed by atoms with Crippen molar-refractivity contribution in [1.82, 2.24) is 9.71 Å². The molecule has 0 fully saturated rings. The standard InChI is InChI=1S/C19H22ClN3O5S/c1-12(2)17(23-29(26,27)14-8-6-13(3)7-9-14)19(25)28-11-16(24)22-15-5-4-10-21-18(15)20/h4-10,12,17,23H,11H2,1-3H3,(H,22,24)/t17-/m0/s1. The van der Waals surface area contributed by atoms with E-state index in [2.05, 4.69) is 15.0 Å². The SMILES string of the molecule is Cc1ccc(S(=O)(=O)N[C@H](C(=O)OCC(=O)Nc2cccnc2Cl)C(C)C)cc1. The van der Waals surface area contributed by atoms with Gasteiger partial charge in [-0.05, 0) is 37.1 Å². The Balaban J connectivity index is 2.01. The van der Waals surface area contributed by atoms with Crippen LogP contribution in [0.25, 0.3) is 0 Å². The number of carbonyl (C=O) groups excluding carboxylic acids is 2. The van der Waals surface area contributed by atoms with Crippen LogP contribution in [0.5, 0.6) is 0 Å². The van der Waals surface area contributed by atoms with Gasteiger partial charge in [0.2, 0.25) is 10.0 Å². The van der Waals surface area contributed by atoms with Crippen LogP contribution in [0.3, 0.4) is 0 Å². The van der Waals surface area contributed by atoms with Crippen LogP contribution in [0.15, 0.2) is 47.5 Å². The summed E-state index contributed by atoms with van der Waals surface area (Å²) in [5.41, 5.74) is 1.18. The van der Waals surface area contributed by atoms with Crippen molar-refractivity contribution in [3.05, 3.63) is 53.3 Å². The molecule has 1 aromatic carbocycles. The molecule has 0 saturated heterocycles. The van der Waals surface area contributed by atoms with Gasteiger partial charge in [-0.25, -0.2) is 13.4 Å². The molecule has 10 heteroatoms. The number of rotatable bonds is 8. The fourth-order valence-electron chi connectivity index (χ4n) is 2.30. The van der Waals surface area contributed by atoms with E-state index in [0.717, 1.165) is 5.56 Å². The maximum atomic E-state index is 12.6. The number of carbonyl (C=O) groups is 2. The number of sulfonamides is 1. The molecule has 1 aromatic heterocycles. The first-order valence-corrected chi connectivity index (χ1v) is 10.6. The maximum absolute atomic E-state index is 12.6. The minimum absolute atomic E-state index is 0.0329. The van der Waals surface area contributed by atoms with E-state index in [1.807, 2.05) is 6.92 Å². The zero-order chi connectivity index (χ0) is 21.6. The Morgan fingerprint density at radius 2 is 1.83 bits per heavy atom. The number of halogens is 1. The third-order valence-electron chi connectivity index (χ3n) is 3.91. The molecule has 2 aromatic rings. The van der Waals surface area contributed by atoms with Gasteiger partial charge in [-0.1, -0.05) is 43.1 Å². The molecular weight excluding hydrogens is 418 g/mol. The minimum atomic E-state index is -3.94. The van der Waals surface area contributed by atoms with E-state index >= 15 is 0 Å². The Bertz CT molecular complexity index is 978. The second-order valence-electron chi connectivity index (χ2n) is 6.65. The summed E-state index contributed by atoms with van der Waals surface area (Å²) in [6.07, 6.45) is 1.46. The number of esters is 1. The normalized spacial score (nSPS) is 12.4. The molecule has 0 bridgehead atoms. The number of aromatic nitrogens is 1. The number of pyridine rings is 1. The van der Waals surface area contributed by atoms with E-state index in [-0.39, 0.29) is 15.7 Å². The van der Waals surface area contributed by atoms with Gasteiger partial charge in [0.05, 0.1) is 10.6 Å². The van der Waals surface area contributed by atoms with Crippen LogP contribution >= 0.6 is 11.6 Å². The van der Waals surface area contributed by atoms with Crippen molar-refractivity contribution in [3.63, 3.8) is 0 Å². The number of anilines is 1. The first-order valence-electron chi connectivity index (χ1n) is 8.76. The number of ether oxygens (including phenoxy) is 1.